The lowest BCUT2D eigenvalue weighted by atomic mass is 10.2. The molecule has 2 N–H and O–H groups in total. The van der Waals surface area contributed by atoms with E-state index in [-0.39, 0.29) is 19.2 Å². The molecule has 0 aliphatic carbocycles. The summed E-state index contributed by atoms with van der Waals surface area (Å²) in [6, 6.07) is 15.0. The molecule has 6 heteroatoms. The molecule has 0 spiro atoms. The molecule has 22 heavy (non-hydrogen) atoms. The van der Waals surface area contributed by atoms with Crippen LogP contribution in [0.5, 0.6) is 11.5 Å². The Balaban J connectivity index is 1.48. The first-order valence-corrected chi connectivity index (χ1v) is 6.82. The number of ether oxygens (including phenoxy) is 2. The van der Waals surface area contributed by atoms with E-state index < -0.39 is 0 Å². The molecule has 6 nitrogen and oxygen atoms in total. The summed E-state index contributed by atoms with van der Waals surface area (Å²) in [5.41, 5.74) is 4.17. The maximum atomic E-state index is 11.7. The molecule has 0 fully saturated rings. The van der Waals surface area contributed by atoms with Crippen molar-refractivity contribution in [3.8, 4) is 11.5 Å². The van der Waals surface area contributed by atoms with Crippen molar-refractivity contribution < 1.29 is 14.3 Å². The van der Waals surface area contributed by atoms with Crippen LogP contribution in [0.4, 0.5) is 5.69 Å². The van der Waals surface area contributed by atoms with Crippen molar-refractivity contribution >= 4 is 17.8 Å². The second kappa shape index (κ2) is 6.62. The third-order valence-electron chi connectivity index (χ3n) is 3.03. The first-order valence-electron chi connectivity index (χ1n) is 6.82. The van der Waals surface area contributed by atoms with Gasteiger partial charge in [-0.1, -0.05) is 18.2 Å². The van der Waals surface area contributed by atoms with Gasteiger partial charge in [0.1, 0.15) is 0 Å². The van der Waals surface area contributed by atoms with E-state index in [1.165, 1.54) is 0 Å². The Bertz CT molecular complexity index is 686. The minimum Gasteiger partial charge on any atom is -0.454 e. The Morgan fingerprint density at radius 3 is 2.82 bits per heavy atom. The fourth-order valence-corrected chi connectivity index (χ4v) is 1.95. The molecule has 1 amide bonds. The molecule has 0 bridgehead atoms. The Morgan fingerprint density at radius 1 is 1.14 bits per heavy atom. The van der Waals surface area contributed by atoms with E-state index in [9.17, 15) is 4.79 Å². The highest BCUT2D eigenvalue weighted by Gasteiger charge is 2.12. The van der Waals surface area contributed by atoms with Crippen molar-refractivity contribution in [1.82, 2.24) is 5.43 Å². The van der Waals surface area contributed by atoms with Gasteiger partial charge < -0.3 is 14.8 Å². The van der Waals surface area contributed by atoms with Crippen LogP contribution in [0.2, 0.25) is 0 Å². The Hall–Kier alpha value is -3.02. The number of nitrogens with zero attached hydrogens (tertiary/aromatic N) is 1. The van der Waals surface area contributed by atoms with Crippen LogP contribution in [0, 0.1) is 0 Å². The summed E-state index contributed by atoms with van der Waals surface area (Å²) in [7, 11) is 0. The fourth-order valence-electron chi connectivity index (χ4n) is 1.95. The highest BCUT2D eigenvalue weighted by Crippen LogP contribution is 2.31. The van der Waals surface area contributed by atoms with E-state index in [1.54, 1.807) is 12.3 Å². The zero-order valence-electron chi connectivity index (χ0n) is 11.8. The minimum atomic E-state index is -0.221. The number of hydrogen-bond donors (Lipinski definition) is 2. The van der Waals surface area contributed by atoms with E-state index in [1.807, 2.05) is 42.5 Å². The molecule has 0 aromatic heterocycles. The van der Waals surface area contributed by atoms with Gasteiger partial charge in [-0.25, -0.2) is 5.43 Å². The van der Waals surface area contributed by atoms with Gasteiger partial charge in [0, 0.05) is 5.69 Å². The quantitative estimate of drug-likeness (QED) is 0.654. The van der Waals surface area contributed by atoms with E-state index in [0.717, 1.165) is 11.3 Å². The summed E-state index contributed by atoms with van der Waals surface area (Å²) in [5, 5.41) is 6.92. The van der Waals surface area contributed by atoms with Gasteiger partial charge in [-0.3, -0.25) is 4.79 Å². The van der Waals surface area contributed by atoms with Gasteiger partial charge in [0.25, 0.3) is 5.91 Å². The van der Waals surface area contributed by atoms with Crippen LogP contribution >= 0.6 is 0 Å². The number of para-hydroxylation sites is 1. The number of fused-ring (bicyclic) bond motifs is 1. The van der Waals surface area contributed by atoms with Gasteiger partial charge in [0.2, 0.25) is 6.79 Å². The zero-order chi connectivity index (χ0) is 15.2. The molecule has 112 valence electrons. The third kappa shape index (κ3) is 3.54. The lowest BCUT2D eigenvalue weighted by Crippen LogP contribution is -2.25. The molecule has 0 saturated heterocycles. The normalized spacial score (nSPS) is 12.4. The molecule has 1 aliphatic rings. The monoisotopic (exact) mass is 297 g/mol. The predicted molar refractivity (Wildman–Crippen MR) is 83.2 cm³/mol. The average Bonchev–Trinajstić information content (AvgIpc) is 3.02. The van der Waals surface area contributed by atoms with Crippen LogP contribution in [-0.2, 0) is 4.79 Å². The fraction of sp³-hybridized carbons (Fsp3) is 0.125. The van der Waals surface area contributed by atoms with Crippen LogP contribution in [0.15, 0.2) is 53.6 Å². The highest BCUT2D eigenvalue weighted by molar-refractivity contribution is 5.84. The van der Waals surface area contributed by atoms with E-state index in [2.05, 4.69) is 15.8 Å². The van der Waals surface area contributed by atoms with Gasteiger partial charge >= 0.3 is 0 Å². The molecule has 0 unspecified atom stereocenters. The number of hydrogen-bond acceptors (Lipinski definition) is 5. The first-order chi connectivity index (χ1) is 10.8. The lowest BCUT2D eigenvalue weighted by molar-refractivity contribution is -0.119. The summed E-state index contributed by atoms with van der Waals surface area (Å²) >= 11 is 0. The summed E-state index contributed by atoms with van der Waals surface area (Å²) in [5.74, 6) is 1.18. The lowest BCUT2D eigenvalue weighted by Gasteiger charge is -2.04. The van der Waals surface area contributed by atoms with Crippen molar-refractivity contribution in [3.05, 3.63) is 54.1 Å². The molecular weight excluding hydrogens is 282 g/mol. The molecule has 3 rings (SSSR count). The van der Waals surface area contributed by atoms with Crippen molar-refractivity contribution in [1.29, 1.82) is 0 Å². The second-order valence-electron chi connectivity index (χ2n) is 4.63. The van der Waals surface area contributed by atoms with Gasteiger partial charge in [-0.05, 0) is 35.9 Å². The largest absolute Gasteiger partial charge is 0.454 e. The van der Waals surface area contributed by atoms with Crippen molar-refractivity contribution in [2.45, 2.75) is 0 Å². The summed E-state index contributed by atoms with van der Waals surface area (Å²) in [4.78, 5) is 11.7. The molecule has 2 aromatic rings. The van der Waals surface area contributed by atoms with Gasteiger partial charge in [0.15, 0.2) is 11.5 Å². The Morgan fingerprint density at radius 2 is 1.95 bits per heavy atom. The number of benzene rings is 2. The van der Waals surface area contributed by atoms with Gasteiger partial charge in [-0.2, -0.15) is 5.10 Å². The number of amides is 1. The van der Waals surface area contributed by atoms with Crippen molar-refractivity contribution in [2.75, 3.05) is 18.7 Å². The summed E-state index contributed by atoms with van der Waals surface area (Å²) < 4.78 is 10.5. The third-order valence-corrected chi connectivity index (χ3v) is 3.03. The van der Waals surface area contributed by atoms with Gasteiger partial charge in [0.05, 0.1) is 12.8 Å². The van der Waals surface area contributed by atoms with Crippen molar-refractivity contribution in [2.24, 2.45) is 5.10 Å². The minimum absolute atomic E-state index is 0.155. The molecule has 0 saturated carbocycles. The van der Waals surface area contributed by atoms with Crippen LogP contribution in [0.3, 0.4) is 0 Å². The average molecular weight is 297 g/mol. The smallest absolute Gasteiger partial charge is 0.259 e. The molecular formula is C16H15N3O3. The van der Waals surface area contributed by atoms with E-state index in [4.69, 9.17) is 9.47 Å². The molecule has 0 radical (unpaired) electrons. The van der Waals surface area contributed by atoms with E-state index in [0.29, 0.717) is 11.5 Å². The summed E-state index contributed by atoms with van der Waals surface area (Å²) in [6.07, 6.45) is 1.56. The number of carbonyl (C=O) groups excluding carboxylic acids is 1. The Kier molecular flexibility index (Phi) is 4.20. The molecule has 1 heterocycles. The number of hydrazone groups is 1. The summed E-state index contributed by atoms with van der Waals surface area (Å²) in [6.45, 7) is 0.389. The second-order valence-corrected chi connectivity index (χ2v) is 4.63. The van der Waals surface area contributed by atoms with Crippen LogP contribution in [0.1, 0.15) is 5.56 Å². The SMILES string of the molecule is O=C(CNc1ccccc1)N/N=C\c1ccc2c(c1)OCO2. The first kappa shape index (κ1) is 13.9. The van der Waals surface area contributed by atoms with Gasteiger partial charge in [-0.15, -0.1) is 0 Å². The molecule has 0 atom stereocenters. The predicted octanol–water partition coefficient (Wildman–Crippen LogP) is 1.98. The van der Waals surface area contributed by atoms with Crippen LogP contribution in [-0.4, -0.2) is 25.5 Å². The Labute approximate surface area is 127 Å². The topological polar surface area (TPSA) is 72.0 Å². The number of rotatable bonds is 5. The number of anilines is 1. The zero-order valence-corrected chi connectivity index (χ0v) is 11.8. The standard InChI is InChI=1S/C16H15N3O3/c20-16(10-17-13-4-2-1-3-5-13)19-18-9-12-6-7-14-15(8-12)22-11-21-14/h1-9,17H,10-11H2,(H,19,20)/b18-9-. The molecule has 1 aliphatic heterocycles. The highest BCUT2D eigenvalue weighted by atomic mass is 16.7. The van der Waals surface area contributed by atoms with Crippen molar-refractivity contribution in [3.63, 3.8) is 0 Å². The number of nitrogens with one attached hydrogen (secondary N) is 2. The van der Waals surface area contributed by atoms with Crippen LogP contribution in [0.25, 0.3) is 0 Å². The molecule has 2 aromatic carbocycles. The van der Waals surface area contributed by atoms with Crippen LogP contribution < -0.4 is 20.2 Å². The van der Waals surface area contributed by atoms with E-state index >= 15 is 0 Å². The maximum absolute atomic E-state index is 11.7. The maximum Gasteiger partial charge on any atom is 0.259 e. The number of carbonyl (C=O) groups is 1.